The number of likely N-dealkylation sites (tertiary alicyclic amines) is 1. The number of amides is 3. The van der Waals surface area contributed by atoms with Crippen molar-refractivity contribution in [2.45, 2.75) is 90.4 Å². The number of piperidine rings is 1. The van der Waals surface area contributed by atoms with Crippen LogP contribution >= 0.6 is 0 Å². The van der Waals surface area contributed by atoms with Crippen LogP contribution < -0.4 is 5.43 Å². The number of ether oxygens (including phenoxy) is 1. The van der Waals surface area contributed by atoms with E-state index in [0.717, 1.165) is 58.3 Å². The molecule has 4 rings (SSSR count). The molecule has 0 radical (unpaired) electrons. The van der Waals surface area contributed by atoms with Gasteiger partial charge in [-0.15, -0.1) is 0 Å². The number of rotatable bonds is 4. The molecule has 3 heterocycles. The van der Waals surface area contributed by atoms with Gasteiger partial charge in [-0.25, -0.2) is 9.80 Å². The first kappa shape index (κ1) is 25.2. The molecular weight excluding hydrogens is 434 g/mol. The third kappa shape index (κ3) is 5.51. The van der Waals surface area contributed by atoms with Crippen molar-refractivity contribution in [1.29, 1.82) is 0 Å². The van der Waals surface area contributed by atoms with Crippen molar-refractivity contribution >= 4 is 17.9 Å². The maximum absolute atomic E-state index is 13.0. The van der Waals surface area contributed by atoms with Gasteiger partial charge in [0, 0.05) is 45.7 Å². The number of hydrazine groups is 1. The van der Waals surface area contributed by atoms with Crippen molar-refractivity contribution in [2.75, 3.05) is 39.3 Å². The number of nitrogens with zero attached hydrogens (tertiary/aromatic N) is 4. The number of fused-ring (bicyclic) bond motifs is 1. The van der Waals surface area contributed by atoms with Gasteiger partial charge in [0.1, 0.15) is 0 Å². The predicted octanol–water partition coefficient (Wildman–Crippen LogP) is 2.07. The van der Waals surface area contributed by atoms with Crippen LogP contribution in [0.15, 0.2) is 0 Å². The van der Waals surface area contributed by atoms with Crippen LogP contribution in [0.3, 0.4) is 0 Å². The summed E-state index contributed by atoms with van der Waals surface area (Å²) in [5, 5.41) is 2.09. The molecule has 3 amide bonds. The van der Waals surface area contributed by atoms with Crippen LogP contribution in [0.4, 0.5) is 4.79 Å². The van der Waals surface area contributed by atoms with Crippen molar-refractivity contribution in [3.63, 3.8) is 0 Å². The van der Waals surface area contributed by atoms with E-state index in [4.69, 9.17) is 4.74 Å². The Morgan fingerprint density at radius 2 is 1.74 bits per heavy atom. The van der Waals surface area contributed by atoms with Crippen molar-refractivity contribution in [1.82, 2.24) is 25.1 Å². The summed E-state index contributed by atoms with van der Waals surface area (Å²) in [7, 11) is 0. The summed E-state index contributed by atoms with van der Waals surface area (Å²) in [5.41, 5.74) is 3.46. The van der Waals surface area contributed by atoms with Crippen LogP contribution in [-0.4, -0.2) is 101 Å². The first-order valence-electron chi connectivity index (χ1n) is 13.3. The van der Waals surface area contributed by atoms with Crippen molar-refractivity contribution in [3.8, 4) is 0 Å². The normalized spacial score (nSPS) is 32.6. The Labute approximate surface area is 204 Å². The van der Waals surface area contributed by atoms with Gasteiger partial charge in [-0.1, -0.05) is 0 Å². The average Bonchev–Trinajstić information content (AvgIpc) is 3.26. The molecule has 0 aromatic rings. The molecule has 0 spiro atoms. The summed E-state index contributed by atoms with van der Waals surface area (Å²) in [6.07, 6.45) is 5.80. The van der Waals surface area contributed by atoms with E-state index >= 15 is 0 Å². The molecule has 1 saturated carbocycles. The Balaban J connectivity index is 1.39. The average molecular weight is 478 g/mol. The lowest BCUT2D eigenvalue weighted by Crippen LogP contribution is -2.67. The van der Waals surface area contributed by atoms with Gasteiger partial charge >= 0.3 is 6.09 Å². The fourth-order valence-corrected chi connectivity index (χ4v) is 6.61. The molecule has 0 bridgehead atoms. The number of piperazine rings is 1. The van der Waals surface area contributed by atoms with Gasteiger partial charge in [-0.2, -0.15) is 0 Å². The van der Waals surface area contributed by atoms with Gasteiger partial charge in [0.25, 0.3) is 0 Å². The second-order valence-electron chi connectivity index (χ2n) is 11.0. The van der Waals surface area contributed by atoms with Crippen LogP contribution in [0.2, 0.25) is 0 Å². The Morgan fingerprint density at radius 3 is 2.41 bits per heavy atom. The van der Waals surface area contributed by atoms with E-state index in [0.29, 0.717) is 24.9 Å². The molecule has 5 atom stereocenters. The minimum absolute atomic E-state index is 0.0144. The van der Waals surface area contributed by atoms with Crippen LogP contribution in [0.5, 0.6) is 0 Å². The highest BCUT2D eigenvalue weighted by Gasteiger charge is 2.48. The summed E-state index contributed by atoms with van der Waals surface area (Å²) in [4.78, 5) is 44.0. The molecule has 34 heavy (non-hydrogen) atoms. The van der Waals surface area contributed by atoms with E-state index in [1.807, 2.05) is 35.5 Å². The first-order valence-corrected chi connectivity index (χ1v) is 13.3. The molecule has 9 nitrogen and oxygen atoms in total. The standard InChI is InChI=1S/C25H43N5O4/c1-17(2)34-25(33)29-14-18(3)30(19(4)31)22-9-8-20(12-23(22)29)21-13-26-28(15-21)16-24(32)27-10-6-5-7-11-27/h17-18,20-23,26H,5-16H2,1-4H3/t18-,20?,21?,22?,23?/m0/s1. The molecule has 4 unspecified atom stereocenters. The van der Waals surface area contributed by atoms with E-state index < -0.39 is 0 Å². The van der Waals surface area contributed by atoms with Crippen LogP contribution in [0.1, 0.15) is 66.2 Å². The van der Waals surface area contributed by atoms with E-state index in [1.54, 1.807) is 6.92 Å². The maximum Gasteiger partial charge on any atom is 0.410 e. The molecule has 1 aliphatic carbocycles. The zero-order valence-electron chi connectivity index (χ0n) is 21.4. The highest BCUT2D eigenvalue weighted by molar-refractivity contribution is 5.78. The number of carbonyl (C=O) groups excluding carboxylic acids is 3. The zero-order valence-corrected chi connectivity index (χ0v) is 21.4. The minimum Gasteiger partial charge on any atom is -0.447 e. The van der Waals surface area contributed by atoms with Gasteiger partial charge < -0.3 is 19.4 Å². The van der Waals surface area contributed by atoms with Gasteiger partial charge in [-0.05, 0) is 71.1 Å². The van der Waals surface area contributed by atoms with Gasteiger partial charge in [0.05, 0.1) is 24.7 Å². The molecule has 0 aromatic carbocycles. The van der Waals surface area contributed by atoms with Gasteiger partial charge in [-0.3, -0.25) is 15.0 Å². The van der Waals surface area contributed by atoms with Gasteiger partial charge in [0.2, 0.25) is 11.8 Å². The molecule has 4 aliphatic rings. The lowest BCUT2D eigenvalue weighted by atomic mass is 9.73. The smallest absolute Gasteiger partial charge is 0.410 e. The van der Waals surface area contributed by atoms with Crippen molar-refractivity contribution in [3.05, 3.63) is 0 Å². The van der Waals surface area contributed by atoms with Crippen molar-refractivity contribution < 1.29 is 19.1 Å². The number of hydrogen-bond acceptors (Lipinski definition) is 6. The largest absolute Gasteiger partial charge is 0.447 e. The zero-order chi connectivity index (χ0) is 24.4. The lowest BCUT2D eigenvalue weighted by Gasteiger charge is -2.54. The summed E-state index contributed by atoms with van der Waals surface area (Å²) >= 11 is 0. The third-order valence-electron chi connectivity index (χ3n) is 8.18. The summed E-state index contributed by atoms with van der Waals surface area (Å²) in [5.74, 6) is 1.18. The minimum atomic E-state index is -0.265. The number of hydrogen-bond donors (Lipinski definition) is 1. The maximum atomic E-state index is 13.0. The molecule has 3 saturated heterocycles. The quantitative estimate of drug-likeness (QED) is 0.667. The molecular formula is C25H43N5O4. The highest BCUT2D eigenvalue weighted by Crippen LogP contribution is 2.39. The second-order valence-corrected chi connectivity index (χ2v) is 11.0. The van der Waals surface area contributed by atoms with E-state index in [9.17, 15) is 14.4 Å². The molecule has 0 aromatic heterocycles. The Hall–Kier alpha value is -1.87. The highest BCUT2D eigenvalue weighted by atomic mass is 16.6. The summed E-state index contributed by atoms with van der Waals surface area (Å²) < 4.78 is 5.58. The Bertz CT molecular complexity index is 756. The number of carbonyl (C=O) groups is 3. The molecule has 4 fully saturated rings. The lowest BCUT2D eigenvalue weighted by molar-refractivity contribution is -0.142. The van der Waals surface area contributed by atoms with Crippen molar-refractivity contribution in [2.24, 2.45) is 11.8 Å². The van der Waals surface area contributed by atoms with Gasteiger partial charge in [0.15, 0.2) is 0 Å². The summed E-state index contributed by atoms with van der Waals surface area (Å²) in [6.45, 7) is 11.8. The van der Waals surface area contributed by atoms with Crippen LogP contribution in [0.25, 0.3) is 0 Å². The monoisotopic (exact) mass is 477 g/mol. The Kier molecular flexibility index (Phi) is 8.02. The molecule has 1 N–H and O–H groups in total. The summed E-state index contributed by atoms with van der Waals surface area (Å²) in [6, 6.07) is 0.0111. The predicted molar refractivity (Wildman–Crippen MR) is 129 cm³/mol. The molecule has 9 heteroatoms. The topological polar surface area (TPSA) is 85.4 Å². The van der Waals surface area contributed by atoms with Crippen LogP contribution in [0, 0.1) is 11.8 Å². The SMILES string of the molecule is CC(=O)N1C2CCC(C3CNN(CC(=O)N4CCCCC4)C3)CC2N(C(=O)OC(C)C)C[C@@H]1C. The number of nitrogens with one attached hydrogen (secondary N) is 1. The molecule has 192 valence electrons. The van der Waals surface area contributed by atoms with E-state index in [1.165, 1.54) is 6.42 Å². The van der Waals surface area contributed by atoms with E-state index in [2.05, 4.69) is 10.4 Å². The fraction of sp³-hybridized carbons (Fsp3) is 0.880. The third-order valence-corrected chi connectivity index (χ3v) is 8.18. The van der Waals surface area contributed by atoms with E-state index in [-0.39, 0.29) is 42.1 Å². The van der Waals surface area contributed by atoms with Crippen LogP contribution in [-0.2, 0) is 14.3 Å². The molecule has 3 aliphatic heterocycles. The fourth-order valence-electron chi connectivity index (χ4n) is 6.61. The Morgan fingerprint density at radius 1 is 1.00 bits per heavy atom. The second kappa shape index (κ2) is 10.8. The first-order chi connectivity index (χ1) is 16.2.